The molecule has 0 atom stereocenters. The summed E-state index contributed by atoms with van der Waals surface area (Å²) in [6.45, 7) is 3.05. The molecule has 0 saturated carbocycles. The molecule has 2 N–H and O–H groups in total. The fourth-order valence-electron chi connectivity index (χ4n) is 1.89. The van der Waals surface area contributed by atoms with Gasteiger partial charge in [0.2, 0.25) is 5.91 Å². The molecule has 102 valence electrons. The topological polar surface area (TPSA) is 78.9 Å². The first kappa shape index (κ1) is 13.5. The van der Waals surface area contributed by atoms with Gasteiger partial charge in [0.25, 0.3) is 0 Å². The molecule has 2 rings (SSSR count). The van der Waals surface area contributed by atoms with E-state index in [1.54, 1.807) is 12.1 Å². The Kier molecular flexibility index (Phi) is 4.48. The van der Waals surface area contributed by atoms with Crippen molar-refractivity contribution < 1.29 is 19.4 Å². The lowest BCUT2D eigenvalue weighted by molar-refractivity contribution is -0.118. The molecule has 6 nitrogen and oxygen atoms in total. The molecule has 1 aliphatic rings. The van der Waals surface area contributed by atoms with Gasteiger partial charge in [-0.1, -0.05) is 6.07 Å². The van der Waals surface area contributed by atoms with Gasteiger partial charge in [-0.3, -0.25) is 9.69 Å². The van der Waals surface area contributed by atoms with Gasteiger partial charge in [-0.05, 0) is 18.2 Å². The van der Waals surface area contributed by atoms with Crippen LogP contribution < -0.4 is 5.32 Å². The summed E-state index contributed by atoms with van der Waals surface area (Å²) in [5.41, 5.74) is 0.655. The van der Waals surface area contributed by atoms with E-state index in [4.69, 9.17) is 9.84 Å². The first-order valence-corrected chi connectivity index (χ1v) is 6.08. The number of nitrogens with zero attached hydrogens (tertiary/aromatic N) is 1. The molecule has 1 aliphatic heterocycles. The van der Waals surface area contributed by atoms with E-state index in [2.05, 4.69) is 5.32 Å². The van der Waals surface area contributed by atoms with E-state index in [9.17, 15) is 9.59 Å². The average molecular weight is 264 g/mol. The van der Waals surface area contributed by atoms with Crippen LogP contribution in [0, 0.1) is 0 Å². The number of hydrogen-bond donors (Lipinski definition) is 2. The molecule has 1 aromatic rings. The van der Waals surface area contributed by atoms with E-state index in [1.165, 1.54) is 12.1 Å². The van der Waals surface area contributed by atoms with E-state index < -0.39 is 5.97 Å². The lowest BCUT2D eigenvalue weighted by atomic mass is 10.2. The van der Waals surface area contributed by atoms with Crippen LogP contribution in [0.1, 0.15) is 10.4 Å². The first-order valence-electron chi connectivity index (χ1n) is 6.08. The van der Waals surface area contributed by atoms with E-state index >= 15 is 0 Å². The summed E-state index contributed by atoms with van der Waals surface area (Å²) in [7, 11) is 0. The fourth-order valence-corrected chi connectivity index (χ4v) is 1.89. The largest absolute Gasteiger partial charge is 0.478 e. The van der Waals surface area contributed by atoms with Gasteiger partial charge in [0, 0.05) is 18.8 Å². The minimum Gasteiger partial charge on any atom is -0.478 e. The second kappa shape index (κ2) is 6.31. The number of aromatic carboxylic acids is 1. The molecule has 0 bridgehead atoms. The van der Waals surface area contributed by atoms with Crippen LogP contribution in [0.4, 0.5) is 5.69 Å². The standard InChI is InChI=1S/C13H16N2O4/c16-12(9-15-4-6-19-7-5-15)14-11-3-1-2-10(8-11)13(17)18/h1-3,8H,4-7,9H2,(H,14,16)(H,17,18). The molecule has 0 unspecified atom stereocenters. The summed E-state index contributed by atoms with van der Waals surface area (Å²) in [4.78, 5) is 24.6. The van der Waals surface area contributed by atoms with E-state index in [-0.39, 0.29) is 11.5 Å². The Bertz CT molecular complexity index is 469. The third-order valence-electron chi connectivity index (χ3n) is 2.86. The van der Waals surface area contributed by atoms with Crippen molar-refractivity contribution in [2.45, 2.75) is 0 Å². The fraction of sp³-hybridized carbons (Fsp3) is 0.385. The maximum atomic E-state index is 11.8. The molecule has 0 aliphatic carbocycles. The summed E-state index contributed by atoms with van der Waals surface area (Å²) < 4.78 is 5.20. The Balaban J connectivity index is 1.90. The average Bonchev–Trinajstić information content (AvgIpc) is 2.40. The maximum absolute atomic E-state index is 11.8. The van der Waals surface area contributed by atoms with Crippen LogP contribution in [-0.4, -0.2) is 54.7 Å². The zero-order valence-electron chi connectivity index (χ0n) is 10.5. The smallest absolute Gasteiger partial charge is 0.335 e. The van der Waals surface area contributed by atoms with Gasteiger partial charge >= 0.3 is 5.97 Å². The van der Waals surface area contributed by atoms with Gasteiger partial charge in [-0.15, -0.1) is 0 Å². The molecular formula is C13H16N2O4. The molecule has 1 aromatic carbocycles. The molecule has 1 saturated heterocycles. The Labute approximate surface area is 111 Å². The highest BCUT2D eigenvalue weighted by Gasteiger charge is 2.14. The minimum atomic E-state index is -1.01. The number of carbonyl (C=O) groups is 2. The molecular weight excluding hydrogens is 248 g/mol. The van der Waals surface area contributed by atoms with Gasteiger partial charge in [-0.2, -0.15) is 0 Å². The van der Waals surface area contributed by atoms with Crippen LogP contribution in [0.2, 0.25) is 0 Å². The van der Waals surface area contributed by atoms with Gasteiger partial charge < -0.3 is 15.2 Å². The predicted molar refractivity (Wildman–Crippen MR) is 69.3 cm³/mol. The van der Waals surface area contributed by atoms with Crippen molar-refractivity contribution in [2.24, 2.45) is 0 Å². The Morgan fingerprint density at radius 1 is 1.32 bits per heavy atom. The van der Waals surface area contributed by atoms with Crippen LogP contribution >= 0.6 is 0 Å². The summed E-state index contributed by atoms with van der Waals surface area (Å²) in [5, 5.41) is 11.6. The molecule has 0 aromatic heterocycles. The number of rotatable bonds is 4. The van der Waals surface area contributed by atoms with Crippen molar-refractivity contribution >= 4 is 17.6 Å². The number of amides is 1. The Morgan fingerprint density at radius 3 is 2.74 bits per heavy atom. The second-order valence-corrected chi connectivity index (χ2v) is 4.32. The number of carbonyl (C=O) groups excluding carboxylic acids is 1. The lowest BCUT2D eigenvalue weighted by Gasteiger charge is -2.25. The molecule has 0 spiro atoms. The van der Waals surface area contributed by atoms with E-state index in [0.29, 0.717) is 25.4 Å². The van der Waals surface area contributed by atoms with Crippen molar-refractivity contribution in [2.75, 3.05) is 38.2 Å². The van der Waals surface area contributed by atoms with Crippen molar-refractivity contribution in [3.63, 3.8) is 0 Å². The summed E-state index contributed by atoms with van der Waals surface area (Å²) in [6, 6.07) is 6.21. The Morgan fingerprint density at radius 2 is 2.05 bits per heavy atom. The predicted octanol–water partition coefficient (Wildman–Crippen LogP) is 0.655. The number of hydrogen-bond acceptors (Lipinski definition) is 4. The number of nitrogens with one attached hydrogen (secondary N) is 1. The van der Waals surface area contributed by atoms with Gasteiger partial charge in [-0.25, -0.2) is 4.79 Å². The second-order valence-electron chi connectivity index (χ2n) is 4.32. The van der Waals surface area contributed by atoms with Gasteiger partial charge in [0.15, 0.2) is 0 Å². The van der Waals surface area contributed by atoms with Crippen LogP contribution in [0.15, 0.2) is 24.3 Å². The van der Waals surface area contributed by atoms with Gasteiger partial charge in [0.05, 0.1) is 25.3 Å². The highest BCUT2D eigenvalue weighted by molar-refractivity contribution is 5.94. The molecule has 1 heterocycles. The summed E-state index contributed by atoms with van der Waals surface area (Å²) in [5.74, 6) is -1.16. The summed E-state index contributed by atoms with van der Waals surface area (Å²) in [6.07, 6.45) is 0. The quantitative estimate of drug-likeness (QED) is 0.835. The third-order valence-corrected chi connectivity index (χ3v) is 2.86. The van der Waals surface area contributed by atoms with Crippen molar-refractivity contribution in [3.05, 3.63) is 29.8 Å². The van der Waals surface area contributed by atoms with Crippen molar-refractivity contribution in [3.8, 4) is 0 Å². The van der Waals surface area contributed by atoms with Crippen LogP contribution in [0.25, 0.3) is 0 Å². The maximum Gasteiger partial charge on any atom is 0.335 e. The lowest BCUT2D eigenvalue weighted by Crippen LogP contribution is -2.41. The SMILES string of the molecule is O=C(CN1CCOCC1)Nc1cccc(C(=O)O)c1. The van der Waals surface area contributed by atoms with Crippen LogP contribution in [0.5, 0.6) is 0 Å². The third kappa shape index (κ3) is 4.04. The van der Waals surface area contributed by atoms with E-state index in [1.807, 2.05) is 4.90 Å². The molecule has 6 heteroatoms. The normalized spacial score (nSPS) is 16.0. The molecule has 1 amide bonds. The highest BCUT2D eigenvalue weighted by atomic mass is 16.5. The highest BCUT2D eigenvalue weighted by Crippen LogP contribution is 2.10. The number of carboxylic acids is 1. The minimum absolute atomic E-state index is 0.149. The van der Waals surface area contributed by atoms with Crippen LogP contribution in [0.3, 0.4) is 0 Å². The number of morpholine rings is 1. The Hall–Kier alpha value is -1.92. The zero-order valence-corrected chi connectivity index (χ0v) is 10.5. The number of carboxylic acid groups (broad SMARTS) is 1. The number of anilines is 1. The first-order chi connectivity index (χ1) is 9.15. The summed E-state index contributed by atoms with van der Waals surface area (Å²) >= 11 is 0. The van der Waals surface area contributed by atoms with Gasteiger partial charge in [0.1, 0.15) is 0 Å². The van der Waals surface area contributed by atoms with E-state index in [0.717, 1.165) is 13.1 Å². The van der Waals surface area contributed by atoms with Crippen molar-refractivity contribution in [1.29, 1.82) is 0 Å². The number of benzene rings is 1. The van der Waals surface area contributed by atoms with Crippen LogP contribution in [-0.2, 0) is 9.53 Å². The van der Waals surface area contributed by atoms with Crippen molar-refractivity contribution in [1.82, 2.24) is 4.90 Å². The molecule has 1 fully saturated rings. The molecule has 19 heavy (non-hydrogen) atoms. The molecule has 0 radical (unpaired) electrons. The number of ether oxygens (including phenoxy) is 1. The zero-order chi connectivity index (χ0) is 13.7. The monoisotopic (exact) mass is 264 g/mol.